The predicted octanol–water partition coefficient (Wildman–Crippen LogP) is 1.54. The molecule has 3 rings (SSSR count). The summed E-state index contributed by atoms with van der Waals surface area (Å²) in [7, 11) is 0. The summed E-state index contributed by atoms with van der Waals surface area (Å²) >= 11 is 1.67. The highest BCUT2D eigenvalue weighted by molar-refractivity contribution is 7.12. The van der Waals surface area contributed by atoms with Gasteiger partial charge in [-0.1, -0.05) is 0 Å². The molecule has 1 aliphatic heterocycles. The number of hydrogen-bond acceptors (Lipinski definition) is 5. The molecule has 7 heteroatoms. The average molecular weight is 347 g/mol. The lowest BCUT2D eigenvalue weighted by Crippen LogP contribution is -2.46. The van der Waals surface area contributed by atoms with Gasteiger partial charge >= 0.3 is 0 Å². The van der Waals surface area contributed by atoms with Crippen LogP contribution in [0.4, 0.5) is 0 Å². The lowest BCUT2D eigenvalue weighted by molar-refractivity contribution is -0.138. The van der Waals surface area contributed by atoms with Gasteiger partial charge in [0.05, 0.1) is 25.5 Å². The van der Waals surface area contributed by atoms with Crippen LogP contribution in [0.15, 0.2) is 29.3 Å². The smallest absolute Gasteiger partial charge is 0.250 e. The maximum atomic E-state index is 12.5. The standard InChI is InChI=1S/C17H21N3O3S/c1-12-2-5-15(24-12)9-17(22)20-6-7-23-14(10-20)4-3-13-8-16(21)19-11-18-13/h2,5,8,11,14H,3-4,6-7,9-10H2,1H3,(H,18,19,21). The van der Waals surface area contributed by atoms with E-state index in [1.165, 1.54) is 17.3 Å². The second-order valence-electron chi connectivity index (χ2n) is 5.96. The number of morpholine rings is 1. The van der Waals surface area contributed by atoms with Crippen LogP contribution in [0.25, 0.3) is 0 Å². The van der Waals surface area contributed by atoms with Gasteiger partial charge in [0.2, 0.25) is 5.91 Å². The molecule has 1 unspecified atom stereocenters. The normalized spacial score (nSPS) is 17.9. The summed E-state index contributed by atoms with van der Waals surface area (Å²) < 4.78 is 5.76. The zero-order chi connectivity index (χ0) is 16.9. The summed E-state index contributed by atoms with van der Waals surface area (Å²) in [4.78, 5) is 34.6. The number of aromatic nitrogens is 2. The van der Waals surface area contributed by atoms with Gasteiger partial charge in [0.1, 0.15) is 0 Å². The van der Waals surface area contributed by atoms with Gasteiger partial charge in [-0.2, -0.15) is 0 Å². The number of amides is 1. The number of carbonyl (C=O) groups excluding carboxylic acids is 1. The molecule has 2 aromatic heterocycles. The van der Waals surface area contributed by atoms with E-state index < -0.39 is 0 Å². The molecule has 1 N–H and O–H groups in total. The fourth-order valence-corrected chi connectivity index (χ4v) is 3.70. The van der Waals surface area contributed by atoms with Crippen molar-refractivity contribution >= 4 is 17.2 Å². The zero-order valence-corrected chi connectivity index (χ0v) is 14.5. The molecule has 1 aliphatic rings. The maximum absolute atomic E-state index is 12.5. The largest absolute Gasteiger partial charge is 0.375 e. The Kier molecular flexibility index (Phi) is 5.42. The Morgan fingerprint density at radius 2 is 2.38 bits per heavy atom. The van der Waals surface area contributed by atoms with Crippen molar-refractivity contribution in [2.24, 2.45) is 0 Å². The van der Waals surface area contributed by atoms with E-state index in [9.17, 15) is 9.59 Å². The summed E-state index contributed by atoms with van der Waals surface area (Å²) in [6.45, 7) is 3.85. The van der Waals surface area contributed by atoms with E-state index in [-0.39, 0.29) is 17.6 Å². The van der Waals surface area contributed by atoms with E-state index >= 15 is 0 Å². The topological polar surface area (TPSA) is 75.3 Å². The first-order valence-electron chi connectivity index (χ1n) is 8.08. The van der Waals surface area contributed by atoms with Crippen molar-refractivity contribution < 1.29 is 9.53 Å². The van der Waals surface area contributed by atoms with Gasteiger partial charge in [0, 0.05) is 34.6 Å². The van der Waals surface area contributed by atoms with E-state index in [4.69, 9.17) is 4.74 Å². The molecule has 0 saturated carbocycles. The van der Waals surface area contributed by atoms with Crippen molar-refractivity contribution in [2.75, 3.05) is 19.7 Å². The van der Waals surface area contributed by atoms with Gasteiger partial charge in [-0.05, 0) is 31.9 Å². The Bertz CT molecular complexity index is 755. The molecule has 0 spiro atoms. The fourth-order valence-electron chi connectivity index (χ4n) is 2.82. The molecule has 1 amide bonds. The number of aryl methyl sites for hydroxylation is 2. The van der Waals surface area contributed by atoms with Gasteiger partial charge in [0.25, 0.3) is 5.56 Å². The average Bonchev–Trinajstić information content (AvgIpc) is 2.98. The number of carbonyl (C=O) groups is 1. The summed E-state index contributed by atoms with van der Waals surface area (Å²) in [6.07, 6.45) is 3.28. The number of ether oxygens (including phenoxy) is 1. The van der Waals surface area contributed by atoms with Crippen LogP contribution in [0.2, 0.25) is 0 Å². The molecule has 0 radical (unpaired) electrons. The molecule has 2 aromatic rings. The summed E-state index contributed by atoms with van der Waals surface area (Å²) in [5.74, 6) is 0.152. The number of aromatic amines is 1. The summed E-state index contributed by atoms with van der Waals surface area (Å²) in [5, 5.41) is 0. The molecule has 1 saturated heterocycles. The minimum atomic E-state index is -0.146. The number of thiophene rings is 1. The fraction of sp³-hybridized carbons (Fsp3) is 0.471. The third-order valence-electron chi connectivity index (χ3n) is 4.07. The highest BCUT2D eigenvalue weighted by atomic mass is 32.1. The highest BCUT2D eigenvalue weighted by Crippen LogP contribution is 2.18. The monoisotopic (exact) mass is 347 g/mol. The quantitative estimate of drug-likeness (QED) is 0.890. The van der Waals surface area contributed by atoms with Crippen LogP contribution < -0.4 is 5.56 Å². The van der Waals surface area contributed by atoms with Crippen LogP contribution >= 0.6 is 11.3 Å². The second kappa shape index (κ2) is 7.72. The molecule has 24 heavy (non-hydrogen) atoms. The lowest BCUT2D eigenvalue weighted by Gasteiger charge is -2.33. The number of H-pyrrole nitrogens is 1. The second-order valence-corrected chi connectivity index (χ2v) is 7.34. The van der Waals surface area contributed by atoms with Crippen molar-refractivity contribution in [3.8, 4) is 0 Å². The Labute approximate surface area is 144 Å². The van der Waals surface area contributed by atoms with E-state index in [2.05, 4.69) is 9.97 Å². The summed E-state index contributed by atoms with van der Waals surface area (Å²) in [5.41, 5.74) is 0.604. The molecular formula is C17H21N3O3S. The first kappa shape index (κ1) is 16.9. The van der Waals surface area contributed by atoms with Crippen LogP contribution in [0.5, 0.6) is 0 Å². The maximum Gasteiger partial charge on any atom is 0.250 e. The Balaban J connectivity index is 1.52. The van der Waals surface area contributed by atoms with E-state index in [1.807, 2.05) is 24.0 Å². The molecule has 0 bridgehead atoms. The predicted molar refractivity (Wildman–Crippen MR) is 92.3 cm³/mol. The Hall–Kier alpha value is -1.99. The SMILES string of the molecule is Cc1ccc(CC(=O)N2CCOC(CCc3cc(=O)[nH]cn3)C2)s1. The number of nitrogens with zero attached hydrogens (tertiary/aromatic N) is 2. The number of hydrogen-bond donors (Lipinski definition) is 1. The van der Waals surface area contributed by atoms with Crippen LogP contribution in [0, 0.1) is 6.92 Å². The van der Waals surface area contributed by atoms with Crippen molar-refractivity contribution in [2.45, 2.75) is 32.3 Å². The van der Waals surface area contributed by atoms with Crippen LogP contribution in [0.3, 0.4) is 0 Å². The number of rotatable bonds is 5. The highest BCUT2D eigenvalue weighted by Gasteiger charge is 2.24. The third kappa shape index (κ3) is 4.52. The van der Waals surface area contributed by atoms with Gasteiger partial charge < -0.3 is 14.6 Å². The van der Waals surface area contributed by atoms with Crippen LogP contribution in [-0.4, -0.2) is 46.6 Å². The minimum Gasteiger partial charge on any atom is -0.375 e. The van der Waals surface area contributed by atoms with Crippen molar-refractivity contribution in [3.63, 3.8) is 0 Å². The van der Waals surface area contributed by atoms with Crippen LogP contribution in [0.1, 0.15) is 21.9 Å². The Morgan fingerprint density at radius 1 is 1.50 bits per heavy atom. The zero-order valence-electron chi connectivity index (χ0n) is 13.7. The van der Waals surface area contributed by atoms with Crippen molar-refractivity contribution in [1.29, 1.82) is 0 Å². The first-order valence-corrected chi connectivity index (χ1v) is 8.90. The molecule has 3 heterocycles. The van der Waals surface area contributed by atoms with Gasteiger partial charge in [-0.15, -0.1) is 11.3 Å². The third-order valence-corrected chi connectivity index (χ3v) is 5.07. The van der Waals surface area contributed by atoms with E-state index in [0.29, 0.717) is 32.5 Å². The molecular weight excluding hydrogens is 326 g/mol. The van der Waals surface area contributed by atoms with Crippen molar-refractivity contribution in [1.82, 2.24) is 14.9 Å². The molecule has 0 aliphatic carbocycles. The molecule has 1 fully saturated rings. The summed E-state index contributed by atoms with van der Waals surface area (Å²) in [6, 6.07) is 5.57. The van der Waals surface area contributed by atoms with Gasteiger partial charge in [0.15, 0.2) is 0 Å². The lowest BCUT2D eigenvalue weighted by atomic mass is 10.1. The molecule has 6 nitrogen and oxygen atoms in total. The molecule has 1 atom stereocenters. The molecule has 0 aromatic carbocycles. The first-order chi connectivity index (χ1) is 11.6. The van der Waals surface area contributed by atoms with Crippen molar-refractivity contribution in [3.05, 3.63) is 50.3 Å². The Morgan fingerprint density at radius 3 is 3.12 bits per heavy atom. The van der Waals surface area contributed by atoms with Gasteiger partial charge in [-0.25, -0.2) is 4.98 Å². The molecule has 128 valence electrons. The van der Waals surface area contributed by atoms with Crippen LogP contribution in [-0.2, 0) is 22.4 Å². The van der Waals surface area contributed by atoms with E-state index in [0.717, 1.165) is 17.0 Å². The minimum absolute atomic E-state index is 0.00569. The number of nitrogens with one attached hydrogen (secondary N) is 1. The van der Waals surface area contributed by atoms with Gasteiger partial charge in [-0.3, -0.25) is 9.59 Å². The van der Waals surface area contributed by atoms with E-state index in [1.54, 1.807) is 11.3 Å².